The van der Waals surface area contributed by atoms with Gasteiger partial charge >= 0.3 is 0 Å². The van der Waals surface area contributed by atoms with Crippen molar-refractivity contribution in [3.8, 4) is 0 Å². The Morgan fingerprint density at radius 2 is 1.80 bits per heavy atom. The number of hydrogen-bond acceptors (Lipinski definition) is 2. The molecule has 0 aliphatic rings. The van der Waals surface area contributed by atoms with E-state index >= 15 is 0 Å². The lowest BCUT2D eigenvalue weighted by atomic mass is 10.1. The van der Waals surface area contributed by atoms with Crippen molar-refractivity contribution in [2.45, 2.75) is 13.0 Å². The Balaban J connectivity index is 1.85. The number of fused-ring (bicyclic) bond motifs is 1. The number of amides is 1. The standard InChI is InChI=1S/C21H20N2O2/c1-2-14-23-19(15-17-10-6-7-11-18(17)21(23)25)20(24)22-13-12-16-8-4-3-5-9-16/h2-11,15H,1,12-14H2,(H,22,24). The van der Waals surface area contributed by atoms with Crippen LogP contribution in [0.4, 0.5) is 0 Å². The molecule has 25 heavy (non-hydrogen) atoms. The molecule has 0 bridgehead atoms. The van der Waals surface area contributed by atoms with Gasteiger partial charge in [-0.1, -0.05) is 54.6 Å². The summed E-state index contributed by atoms with van der Waals surface area (Å²) >= 11 is 0. The summed E-state index contributed by atoms with van der Waals surface area (Å²) < 4.78 is 1.47. The van der Waals surface area contributed by atoms with E-state index in [0.29, 0.717) is 24.2 Å². The van der Waals surface area contributed by atoms with Gasteiger partial charge in [0.25, 0.3) is 11.5 Å². The number of benzene rings is 2. The third-order valence-electron chi connectivity index (χ3n) is 4.11. The Hall–Kier alpha value is -3.14. The van der Waals surface area contributed by atoms with Crippen molar-refractivity contribution >= 4 is 16.7 Å². The Morgan fingerprint density at radius 3 is 2.56 bits per heavy atom. The number of carbonyl (C=O) groups is 1. The first-order valence-electron chi connectivity index (χ1n) is 8.26. The van der Waals surface area contributed by atoms with Crippen molar-refractivity contribution < 1.29 is 4.79 Å². The lowest BCUT2D eigenvalue weighted by Crippen LogP contribution is -2.33. The maximum absolute atomic E-state index is 12.7. The Morgan fingerprint density at radius 1 is 1.08 bits per heavy atom. The molecule has 4 nitrogen and oxygen atoms in total. The SMILES string of the molecule is C=CCn1c(C(=O)NCCc2ccccc2)cc2ccccc2c1=O. The smallest absolute Gasteiger partial charge is 0.268 e. The summed E-state index contributed by atoms with van der Waals surface area (Å²) in [5, 5.41) is 4.27. The molecule has 0 radical (unpaired) electrons. The van der Waals surface area contributed by atoms with Gasteiger partial charge in [-0.3, -0.25) is 14.2 Å². The first kappa shape index (κ1) is 16.7. The molecule has 1 heterocycles. The number of carbonyl (C=O) groups excluding carboxylic acids is 1. The van der Waals surface area contributed by atoms with Gasteiger partial charge in [0.1, 0.15) is 5.69 Å². The van der Waals surface area contributed by atoms with E-state index in [4.69, 9.17) is 0 Å². The summed E-state index contributed by atoms with van der Waals surface area (Å²) in [5.41, 5.74) is 1.34. The second-order valence-corrected chi connectivity index (χ2v) is 5.81. The summed E-state index contributed by atoms with van der Waals surface area (Å²) in [4.78, 5) is 25.3. The minimum atomic E-state index is -0.249. The summed E-state index contributed by atoms with van der Waals surface area (Å²) in [5.74, 6) is -0.249. The molecule has 0 saturated heterocycles. The van der Waals surface area contributed by atoms with Crippen molar-refractivity contribution in [2.24, 2.45) is 0 Å². The van der Waals surface area contributed by atoms with Gasteiger partial charge in [-0.2, -0.15) is 0 Å². The summed E-state index contributed by atoms with van der Waals surface area (Å²) in [6.45, 7) is 4.50. The highest BCUT2D eigenvalue weighted by Crippen LogP contribution is 2.12. The van der Waals surface area contributed by atoms with Crippen LogP contribution >= 0.6 is 0 Å². The number of allylic oxidation sites excluding steroid dienone is 1. The quantitative estimate of drug-likeness (QED) is 0.705. The lowest BCUT2D eigenvalue weighted by molar-refractivity contribution is 0.0944. The zero-order valence-electron chi connectivity index (χ0n) is 13.9. The first-order valence-corrected chi connectivity index (χ1v) is 8.26. The van der Waals surface area contributed by atoms with Crippen LogP contribution in [-0.4, -0.2) is 17.0 Å². The zero-order chi connectivity index (χ0) is 17.6. The zero-order valence-corrected chi connectivity index (χ0v) is 13.9. The monoisotopic (exact) mass is 332 g/mol. The molecule has 0 spiro atoms. The topological polar surface area (TPSA) is 51.1 Å². The highest BCUT2D eigenvalue weighted by molar-refractivity contribution is 5.96. The second kappa shape index (κ2) is 7.62. The van der Waals surface area contributed by atoms with Gasteiger partial charge in [-0.25, -0.2) is 0 Å². The van der Waals surface area contributed by atoms with Crippen LogP contribution in [0.15, 0.2) is 78.1 Å². The molecule has 0 saturated carbocycles. The minimum absolute atomic E-state index is 0.175. The Bertz CT molecular complexity index is 959. The Labute approximate surface area is 146 Å². The van der Waals surface area contributed by atoms with E-state index in [1.165, 1.54) is 4.57 Å². The van der Waals surface area contributed by atoms with Gasteiger partial charge in [0.05, 0.1) is 0 Å². The van der Waals surface area contributed by atoms with Crippen molar-refractivity contribution in [1.29, 1.82) is 0 Å². The predicted octanol–water partition coefficient (Wildman–Crippen LogP) is 3.16. The van der Waals surface area contributed by atoms with Crippen LogP contribution in [0.2, 0.25) is 0 Å². The molecule has 0 fully saturated rings. The number of aromatic nitrogens is 1. The number of nitrogens with zero attached hydrogens (tertiary/aromatic N) is 1. The molecule has 2 aromatic carbocycles. The predicted molar refractivity (Wildman–Crippen MR) is 101 cm³/mol. The molecule has 1 aromatic heterocycles. The van der Waals surface area contributed by atoms with Crippen LogP contribution in [-0.2, 0) is 13.0 Å². The normalized spacial score (nSPS) is 10.6. The number of hydrogen-bond donors (Lipinski definition) is 1. The van der Waals surface area contributed by atoms with E-state index in [1.54, 1.807) is 18.2 Å². The number of nitrogens with one attached hydrogen (secondary N) is 1. The summed E-state index contributed by atoms with van der Waals surface area (Å²) in [6, 6.07) is 19.0. The van der Waals surface area contributed by atoms with Crippen molar-refractivity contribution in [3.63, 3.8) is 0 Å². The molecule has 1 N–H and O–H groups in total. The van der Waals surface area contributed by atoms with Crippen LogP contribution in [0, 0.1) is 0 Å². The van der Waals surface area contributed by atoms with E-state index in [-0.39, 0.29) is 11.5 Å². The molecule has 0 aliphatic heterocycles. The van der Waals surface area contributed by atoms with E-state index in [0.717, 1.165) is 17.4 Å². The van der Waals surface area contributed by atoms with Crippen LogP contribution in [0.25, 0.3) is 10.8 Å². The molecular weight excluding hydrogens is 312 g/mol. The van der Waals surface area contributed by atoms with Gasteiger partial charge in [0.15, 0.2) is 0 Å². The van der Waals surface area contributed by atoms with Crippen molar-refractivity contribution in [2.75, 3.05) is 6.54 Å². The Kier molecular flexibility index (Phi) is 5.09. The third-order valence-corrected chi connectivity index (χ3v) is 4.11. The number of rotatable bonds is 6. The maximum Gasteiger partial charge on any atom is 0.268 e. The fourth-order valence-electron chi connectivity index (χ4n) is 2.85. The molecule has 0 aliphatic carbocycles. The molecule has 0 unspecified atom stereocenters. The van der Waals surface area contributed by atoms with E-state index in [1.807, 2.05) is 48.5 Å². The van der Waals surface area contributed by atoms with Crippen molar-refractivity contribution in [3.05, 3.63) is 94.9 Å². The molecule has 126 valence electrons. The summed E-state index contributed by atoms with van der Waals surface area (Å²) in [7, 11) is 0. The first-order chi connectivity index (χ1) is 12.2. The van der Waals surface area contributed by atoms with Gasteiger partial charge < -0.3 is 5.32 Å². The maximum atomic E-state index is 12.7. The van der Waals surface area contributed by atoms with E-state index in [9.17, 15) is 9.59 Å². The van der Waals surface area contributed by atoms with Crippen molar-refractivity contribution in [1.82, 2.24) is 9.88 Å². The van der Waals surface area contributed by atoms with Crippen LogP contribution in [0.1, 0.15) is 16.1 Å². The number of pyridine rings is 1. The minimum Gasteiger partial charge on any atom is -0.350 e. The van der Waals surface area contributed by atoms with Crippen LogP contribution in [0.3, 0.4) is 0 Å². The molecule has 1 amide bonds. The average molecular weight is 332 g/mol. The molecular formula is C21H20N2O2. The molecule has 3 aromatic rings. The lowest BCUT2D eigenvalue weighted by Gasteiger charge is -2.13. The van der Waals surface area contributed by atoms with Crippen LogP contribution < -0.4 is 10.9 Å². The molecule has 4 heteroatoms. The van der Waals surface area contributed by atoms with E-state index in [2.05, 4.69) is 11.9 Å². The second-order valence-electron chi connectivity index (χ2n) is 5.81. The van der Waals surface area contributed by atoms with Gasteiger partial charge in [0, 0.05) is 18.5 Å². The third kappa shape index (κ3) is 3.69. The average Bonchev–Trinajstić information content (AvgIpc) is 2.65. The van der Waals surface area contributed by atoms with Crippen LogP contribution in [0.5, 0.6) is 0 Å². The van der Waals surface area contributed by atoms with E-state index < -0.39 is 0 Å². The van der Waals surface area contributed by atoms with Gasteiger partial charge in [-0.05, 0) is 29.5 Å². The fourth-order valence-corrected chi connectivity index (χ4v) is 2.85. The largest absolute Gasteiger partial charge is 0.350 e. The van der Waals surface area contributed by atoms with Gasteiger partial charge in [-0.15, -0.1) is 6.58 Å². The molecule has 3 rings (SSSR count). The summed E-state index contributed by atoms with van der Waals surface area (Å²) in [6.07, 6.45) is 2.36. The molecule has 0 atom stereocenters. The highest BCUT2D eigenvalue weighted by atomic mass is 16.2. The fraction of sp³-hybridized carbons (Fsp3) is 0.143. The van der Waals surface area contributed by atoms with Gasteiger partial charge in [0.2, 0.25) is 0 Å². The highest BCUT2D eigenvalue weighted by Gasteiger charge is 2.14.